The molecule has 1 aromatic rings. The molecule has 0 aromatic heterocycles. The lowest BCUT2D eigenvalue weighted by molar-refractivity contribution is -0.388. The summed E-state index contributed by atoms with van der Waals surface area (Å²) in [6, 6.07) is 2.30. The number of hydrogen-bond acceptors (Lipinski definition) is 5. The summed E-state index contributed by atoms with van der Waals surface area (Å²) in [4.78, 5) is 35.3. The molecule has 2 saturated carbocycles. The van der Waals surface area contributed by atoms with Crippen molar-refractivity contribution in [1.82, 2.24) is 5.32 Å². The predicted octanol–water partition coefficient (Wildman–Crippen LogP) is 4.93. The molecule has 8 nitrogen and oxygen atoms in total. The minimum atomic E-state index is -4.98. The molecule has 0 bridgehead atoms. The highest BCUT2D eigenvalue weighted by Crippen LogP contribution is 2.66. The highest BCUT2D eigenvalue weighted by Gasteiger charge is 2.66. The molecule has 0 unspecified atom stereocenters. The number of allylic oxidation sites excluding steroid dienone is 2. The molecular formula is C26H30F3N3O5. The Bertz CT molecular complexity index is 1220. The Balaban J connectivity index is 1.41. The summed E-state index contributed by atoms with van der Waals surface area (Å²) in [5.74, 6) is -0.242. The van der Waals surface area contributed by atoms with Gasteiger partial charge in [0.2, 0.25) is 5.91 Å². The lowest BCUT2D eigenvalue weighted by Crippen LogP contribution is -2.59. The fourth-order valence-corrected chi connectivity index (χ4v) is 7.82. The highest BCUT2D eigenvalue weighted by molar-refractivity contribution is 5.98. The minimum absolute atomic E-state index is 0.0228. The van der Waals surface area contributed by atoms with E-state index in [4.69, 9.17) is 0 Å². The van der Waals surface area contributed by atoms with Gasteiger partial charge in [0.15, 0.2) is 0 Å². The zero-order chi connectivity index (χ0) is 27.0. The van der Waals surface area contributed by atoms with E-state index in [9.17, 15) is 38.0 Å². The van der Waals surface area contributed by atoms with E-state index < -0.39 is 39.3 Å². The third-order valence-corrected chi connectivity index (χ3v) is 9.89. The van der Waals surface area contributed by atoms with Crippen LogP contribution in [0.1, 0.15) is 64.4 Å². The van der Waals surface area contributed by atoms with Crippen molar-refractivity contribution >= 4 is 23.2 Å². The normalized spacial score (nSPS) is 37.0. The number of carbonyl (C=O) groups excluding carboxylic acids is 2. The van der Waals surface area contributed by atoms with Gasteiger partial charge in [-0.2, -0.15) is 13.2 Å². The summed E-state index contributed by atoms with van der Waals surface area (Å²) in [5.41, 5.74) is -4.61. The Morgan fingerprint density at radius 3 is 2.57 bits per heavy atom. The van der Waals surface area contributed by atoms with Gasteiger partial charge in [0, 0.05) is 34.7 Å². The van der Waals surface area contributed by atoms with E-state index in [2.05, 4.69) is 23.6 Å². The van der Waals surface area contributed by atoms with Crippen molar-refractivity contribution in [2.75, 3.05) is 5.32 Å². The predicted molar refractivity (Wildman–Crippen MR) is 127 cm³/mol. The van der Waals surface area contributed by atoms with Crippen LogP contribution in [0.5, 0.6) is 0 Å². The molecule has 0 radical (unpaired) electrons. The van der Waals surface area contributed by atoms with Gasteiger partial charge in [0.25, 0.3) is 11.6 Å². The van der Waals surface area contributed by atoms with E-state index in [-0.39, 0.29) is 35.3 Å². The smallest absolute Gasteiger partial charge is 0.379 e. The molecule has 1 saturated heterocycles. The number of nitrogens with zero attached hydrogens (tertiary/aromatic N) is 1. The molecule has 11 heteroatoms. The van der Waals surface area contributed by atoms with Crippen molar-refractivity contribution in [3.8, 4) is 0 Å². The van der Waals surface area contributed by atoms with Crippen molar-refractivity contribution < 1.29 is 32.8 Å². The molecule has 1 heterocycles. The molecule has 3 N–H and O–H groups in total. The zero-order valence-corrected chi connectivity index (χ0v) is 20.7. The quantitative estimate of drug-likeness (QED) is 0.385. The molecular weight excluding hydrogens is 491 g/mol. The summed E-state index contributed by atoms with van der Waals surface area (Å²) in [6.45, 7) is 4.07. The van der Waals surface area contributed by atoms with Crippen molar-refractivity contribution in [2.24, 2.45) is 28.6 Å². The Morgan fingerprint density at radius 2 is 1.89 bits per heavy atom. The molecule has 200 valence electrons. The first kappa shape index (κ1) is 25.7. The number of nitro groups is 1. The Hall–Kier alpha value is -2.95. The second kappa shape index (κ2) is 8.28. The summed E-state index contributed by atoms with van der Waals surface area (Å²) < 4.78 is 40.3. The first-order valence-electron chi connectivity index (χ1n) is 12.6. The molecule has 3 fully saturated rings. The number of fused-ring (bicyclic) bond motifs is 5. The van der Waals surface area contributed by atoms with Crippen LogP contribution >= 0.6 is 0 Å². The van der Waals surface area contributed by atoms with Gasteiger partial charge in [0.05, 0.1) is 4.92 Å². The SMILES string of the molecule is C[C@]12CCC(=O)NC1=CC[C@@H]1[C@@H]2CC[C@@]2(C)[C@H]1CC[C@]2(O)C(=O)Nc1ccc([N+](=O)[O-])c(C(F)(F)F)c1. The summed E-state index contributed by atoms with van der Waals surface area (Å²) in [5, 5.41) is 28.3. The standard InChI is InChI=1S/C26H30F3N3O5/c1-23-10-9-21(33)31-20(23)6-4-15-16(23)7-11-24(2)17(15)8-12-25(24,35)22(34)30-14-3-5-19(32(36)37)18(13-14)26(27,28)29/h3,5-6,13,15-17,35H,4,7-12H2,1-2H3,(H,30,34)(H,31,33)/t15-,16+,17+,23-,24+,25+/m1/s1. The van der Waals surface area contributed by atoms with Crippen molar-refractivity contribution in [3.05, 3.63) is 45.6 Å². The number of rotatable bonds is 3. The van der Waals surface area contributed by atoms with E-state index in [1.165, 1.54) is 0 Å². The fourth-order valence-electron chi connectivity index (χ4n) is 7.82. The minimum Gasteiger partial charge on any atom is -0.379 e. The van der Waals surface area contributed by atoms with Gasteiger partial charge in [-0.3, -0.25) is 19.7 Å². The fraction of sp³-hybridized carbons (Fsp3) is 0.615. The Morgan fingerprint density at radius 1 is 1.19 bits per heavy atom. The van der Waals surface area contributed by atoms with Gasteiger partial charge in [-0.05, 0) is 68.4 Å². The first-order chi connectivity index (χ1) is 17.2. The number of halogens is 3. The first-order valence-corrected chi connectivity index (χ1v) is 12.6. The average Bonchev–Trinajstić information content (AvgIpc) is 3.10. The average molecular weight is 522 g/mol. The van der Waals surface area contributed by atoms with Gasteiger partial charge in [-0.1, -0.05) is 19.9 Å². The number of alkyl halides is 3. The number of anilines is 1. The second-order valence-corrected chi connectivity index (χ2v) is 11.5. The maximum atomic E-state index is 13.4. The summed E-state index contributed by atoms with van der Waals surface area (Å²) in [6.07, 6.45) is 1.13. The van der Waals surface area contributed by atoms with Crippen LogP contribution in [0, 0.1) is 38.7 Å². The summed E-state index contributed by atoms with van der Waals surface area (Å²) >= 11 is 0. The number of benzene rings is 1. The number of carbonyl (C=O) groups is 2. The van der Waals surface area contributed by atoms with Crippen LogP contribution in [0.25, 0.3) is 0 Å². The van der Waals surface area contributed by atoms with E-state index in [1.807, 2.05) is 6.92 Å². The number of hydrogen-bond donors (Lipinski definition) is 3. The number of nitro benzene ring substituents is 1. The Labute approximate surface area is 211 Å². The molecule has 3 aliphatic carbocycles. The Kier molecular flexibility index (Phi) is 5.75. The number of nitrogens with one attached hydrogen (secondary N) is 2. The largest absolute Gasteiger partial charge is 0.423 e. The topological polar surface area (TPSA) is 122 Å². The van der Waals surface area contributed by atoms with Gasteiger partial charge in [0.1, 0.15) is 11.2 Å². The molecule has 2 amide bonds. The molecule has 37 heavy (non-hydrogen) atoms. The maximum Gasteiger partial charge on any atom is 0.423 e. The van der Waals surface area contributed by atoms with Crippen LogP contribution in [-0.2, 0) is 15.8 Å². The van der Waals surface area contributed by atoms with Crippen LogP contribution in [0.3, 0.4) is 0 Å². The van der Waals surface area contributed by atoms with Gasteiger partial charge in [-0.25, -0.2) is 0 Å². The van der Waals surface area contributed by atoms with Gasteiger partial charge in [-0.15, -0.1) is 0 Å². The van der Waals surface area contributed by atoms with Crippen LogP contribution in [0.2, 0.25) is 0 Å². The third-order valence-electron chi connectivity index (χ3n) is 9.89. The molecule has 1 aromatic carbocycles. The lowest BCUT2D eigenvalue weighted by Gasteiger charge is -2.58. The maximum absolute atomic E-state index is 13.4. The molecule has 5 rings (SSSR count). The van der Waals surface area contributed by atoms with Crippen molar-refractivity contribution in [3.63, 3.8) is 0 Å². The number of aliphatic hydroxyl groups is 1. The van der Waals surface area contributed by atoms with E-state index >= 15 is 0 Å². The second-order valence-electron chi connectivity index (χ2n) is 11.5. The molecule has 6 atom stereocenters. The van der Waals surface area contributed by atoms with Crippen LogP contribution in [0.15, 0.2) is 30.0 Å². The summed E-state index contributed by atoms with van der Waals surface area (Å²) in [7, 11) is 0. The molecule has 4 aliphatic rings. The zero-order valence-electron chi connectivity index (χ0n) is 20.7. The van der Waals surface area contributed by atoms with Gasteiger partial charge < -0.3 is 15.7 Å². The van der Waals surface area contributed by atoms with Crippen LogP contribution < -0.4 is 10.6 Å². The number of amides is 2. The third kappa shape index (κ3) is 3.76. The molecule has 1 aliphatic heterocycles. The van der Waals surface area contributed by atoms with E-state index in [1.54, 1.807) is 0 Å². The number of piperidine rings is 1. The van der Waals surface area contributed by atoms with Crippen LogP contribution in [-0.4, -0.2) is 27.4 Å². The van der Waals surface area contributed by atoms with Crippen molar-refractivity contribution in [2.45, 2.75) is 70.6 Å². The van der Waals surface area contributed by atoms with Gasteiger partial charge >= 0.3 is 6.18 Å². The van der Waals surface area contributed by atoms with Crippen molar-refractivity contribution in [1.29, 1.82) is 0 Å². The van der Waals surface area contributed by atoms with E-state index in [0.29, 0.717) is 37.3 Å². The lowest BCUT2D eigenvalue weighted by atomic mass is 9.48. The van der Waals surface area contributed by atoms with E-state index in [0.717, 1.165) is 31.0 Å². The van der Waals surface area contributed by atoms with Crippen LogP contribution in [0.4, 0.5) is 24.5 Å². The monoisotopic (exact) mass is 521 g/mol. The highest BCUT2D eigenvalue weighted by atomic mass is 19.4. The molecule has 0 spiro atoms.